The first-order valence-electron chi connectivity index (χ1n) is 6.57. The number of hydrogen-bond donors (Lipinski definition) is 0. The molecule has 0 atom stereocenters. The number of carbonyl (C=O) groups is 1. The third kappa shape index (κ3) is 3.28. The van der Waals surface area contributed by atoms with Gasteiger partial charge in [0.25, 0.3) is 0 Å². The SMILES string of the molecule is CN(C(=O)CSCc1ccc(Cl)cc1)C1(C#N)CCC1. The van der Waals surface area contributed by atoms with Crippen molar-refractivity contribution in [1.29, 1.82) is 5.26 Å². The lowest BCUT2D eigenvalue weighted by molar-refractivity contribution is -0.133. The number of hydrogen-bond acceptors (Lipinski definition) is 3. The lowest BCUT2D eigenvalue weighted by Gasteiger charge is -2.42. The minimum absolute atomic E-state index is 0.0326. The van der Waals surface area contributed by atoms with Crippen molar-refractivity contribution in [2.45, 2.75) is 30.6 Å². The fraction of sp³-hybridized carbons (Fsp3) is 0.467. The van der Waals surface area contributed by atoms with Gasteiger partial charge >= 0.3 is 0 Å². The molecule has 106 valence electrons. The molecule has 3 nitrogen and oxygen atoms in total. The Balaban J connectivity index is 1.80. The summed E-state index contributed by atoms with van der Waals surface area (Å²) in [6, 6.07) is 9.92. The topological polar surface area (TPSA) is 44.1 Å². The zero-order valence-corrected chi connectivity index (χ0v) is 13.0. The summed E-state index contributed by atoms with van der Waals surface area (Å²) < 4.78 is 0. The van der Waals surface area contributed by atoms with Gasteiger partial charge in [-0.15, -0.1) is 11.8 Å². The molecule has 20 heavy (non-hydrogen) atoms. The van der Waals surface area contributed by atoms with E-state index in [4.69, 9.17) is 11.6 Å². The molecule has 2 rings (SSSR count). The normalized spacial score (nSPS) is 16.1. The number of nitriles is 1. The van der Waals surface area contributed by atoms with Crippen LogP contribution >= 0.6 is 23.4 Å². The minimum Gasteiger partial charge on any atom is -0.326 e. The highest BCUT2D eigenvalue weighted by Gasteiger charge is 2.43. The number of amides is 1. The number of thioether (sulfide) groups is 1. The number of carbonyl (C=O) groups excluding carboxylic acids is 1. The van der Waals surface area contributed by atoms with E-state index in [1.165, 1.54) is 0 Å². The van der Waals surface area contributed by atoms with Crippen molar-refractivity contribution in [1.82, 2.24) is 4.90 Å². The van der Waals surface area contributed by atoms with Gasteiger partial charge in [0.1, 0.15) is 5.54 Å². The molecular weight excluding hydrogens is 292 g/mol. The van der Waals surface area contributed by atoms with Crippen molar-refractivity contribution >= 4 is 29.3 Å². The van der Waals surface area contributed by atoms with Gasteiger partial charge in [-0.2, -0.15) is 5.26 Å². The number of halogens is 1. The number of rotatable bonds is 5. The first-order valence-corrected chi connectivity index (χ1v) is 8.11. The molecule has 1 amide bonds. The molecule has 0 radical (unpaired) electrons. The molecule has 1 aliphatic carbocycles. The van der Waals surface area contributed by atoms with Crippen molar-refractivity contribution < 1.29 is 4.79 Å². The Bertz CT molecular complexity index is 520. The van der Waals surface area contributed by atoms with Gasteiger partial charge in [-0.05, 0) is 37.0 Å². The van der Waals surface area contributed by atoms with Crippen LogP contribution in [-0.4, -0.2) is 29.1 Å². The van der Waals surface area contributed by atoms with Crippen molar-refractivity contribution in [2.24, 2.45) is 0 Å². The van der Waals surface area contributed by atoms with E-state index < -0.39 is 5.54 Å². The molecule has 0 heterocycles. The van der Waals surface area contributed by atoms with Crippen LogP contribution in [0.2, 0.25) is 5.02 Å². The number of nitrogens with zero attached hydrogens (tertiary/aromatic N) is 2. The molecule has 0 unspecified atom stereocenters. The van der Waals surface area contributed by atoms with Crippen molar-refractivity contribution in [3.05, 3.63) is 34.9 Å². The first-order chi connectivity index (χ1) is 9.57. The van der Waals surface area contributed by atoms with E-state index in [2.05, 4.69) is 6.07 Å². The third-order valence-electron chi connectivity index (χ3n) is 3.81. The maximum atomic E-state index is 12.1. The Kier molecular flexibility index (Phi) is 4.95. The molecule has 0 spiro atoms. The van der Waals surface area contributed by atoms with Crippen LogP contribution in [0.25, 0.3) is 0 Å². The van der Waals surface area contributed by atoms with Crippen LogP contribution < -0.4 is 0 Å². The fourth-order valence-electron chi connectivity index (χ4n) is 2.21. The van der Waals surface area contributed by atoms with Gasteiger partial charge in [0, 0.05) is 17.8 Å². The molecule has 1 saturated carbocycles. The minimum atomic E-state index is -0.544. The van der Waals surface area contributed by atoms with Gasteiger partial charge in [0.15, 0.2) is 0 Å². The predicted molar refractivity (Wildman–Crippen MR) is 82.6 cm³/mol. The molecule has 5 heteroatoms. The molecule has 0 saturated heterocycles. The summed E-state index contributed by atoms with van der Waals surface area (Å²) in [6.45, 7) is 0. The van der Waals surface area contributed by atoms with Gasteiger partial charge in [0.2, 0.25) is 5.91 Å². The van der Waals surface area contributed by atoms with E-state index in [1.807, 2.05) is 24.3 Å². The average molecular weight is 309 g/mol. The molecule has 1 fully saturated rings. The molecule has 1 aromatic carbocycles. The zero-order chi connectivity index (χ0) is 14.6. The molecule has 1 aliphatic rings. The Morgan fingerprint density at radius 2 is 2.10 bits per heavy atom. The quantitative estimate of drug-likeness (QED) is 0.836. The van der Waals surface area contributed by atoms with E-state index >= 15 is 0 Å². The van der Waals surface area contributed by atoms with Gasteiger partial charge in [0.05, 0.1) is 11.8 Å². The lowest BCUT2D eigenvalue weighted by Crippen LogP contribution is -2.53. The second-order valence-corrected chi connectivity index (χ2v) is 6.49. The van der Waals surface area contributed by atoms with Crippen LogP contribution in [0.1, 0.15) is 24.8 Å². The Hall–Kier alpha value is -1.18. The third-order valence-corrected chi connectivity index (χ3v) is 5.05. The predicted octanol–water partition coefficient (Wildman–Crippen LogP) is 3.48. The molecule has 0 N–H and O–H groups in total. The molecule has 0 aromatic heterocycles. The highest BCUT2D eigenvalue weighted by Crippen LogP contribution is 2.36. The zero-order valence-electron chi connectivity index (χ0n) is 11.4. The Labute approximate surface area is 128 Å². The molecule has 0 aliphatic heterocycles. The maximum Gasteiger partial charge on any atom is 0.233 e. The molecule has 0 bridgehead atoms. The maximum absolute atomic E-state index is 12.1. The summed E-state index contributed by atoms with van der Waals surface area (Å²) in [4.78, 5) is 13.7. The van der Waals surface area contributed by atoms with Crippen LogP contribution in [-0.2, 0) is 10.5 Å². The van der Waals surface area contributed by atoms with Crippen LogP contribution in [0, 0.1) is 11.3 Å². The van der Waals surface area contributed by atoms with Crippen LogP contribution in [0.5, 0.6) is 0 Å². The average Bonchev–Trinajstić information content (AvgIpc) is 2.40. The second-order valence-electron chi connectivity index (χ2n) is 5.07. The Morgan fingerprint density at radius 1 is 1.45 bits per heavy atom. The number of benzene rings is 1. The van der Waals surface area contributed by atoms with E-state index in [1.54, 1.807) is 23.7 Å². The summed E-state index contributed by atoms with van der Waals surface area (Å²) >= 11 is 7.39. The summed E-state index contributed by atoms with van der Waals surface area (Å²) in [5.74, 6) is 1.21. The van der Waals surface area contributed by atoms with Crippen LogP contribution in [0.3, 0.4) is 0 Å². The largest absolute Gasteiger partial charge is 0.326 e. The summed E-state index contributed by atoms with van der Waals surface area (Å²) in [7, 11) is 1.74. The van der Waals surface area contributed by atoms with E-state index in [9.17, 15) is 10.1 Å². The lowest BCUT2D eigenvalue weighted by atomic mass is 9.77. The smallest absolute Gasteiger partial charge is 0.233 e. The van der Waals surface area contributed by atoms with E-state index in [0.29, 0.717) is 5.75 Å². The Morgan fingerprint density at radius 3 is 2.60 bits per heavy atom. The summed E-state index contributed by atoms with van der Waals surface area (Å²) in [6.07, 6.45) is 2.63. The van der Waals surface area contributed by atoms with Gasteiger partial charge < -0.3 is 4.90 Å². The van der Waals surface area contributed by atoms with Gasteiger partial charge in [-0.1, -0.05) is 23.7 Å². The summed E-state index contributed by atoms with van der Waals surface area (Å²) in [5.41, 5.74) is 0.603. The van der Waals surface area contributed by atoms with Gasteiger partial charge in [-0.3, -0.25) is 4.79 Å². The van der Waals surface area contributed by atoms with E-state index in [-0.39, 0.29) is 5.91 Å². The monoisotopic (exact) mass is 308 g/mol. The second kappa shape index (κ2) is 6.51. The highest BCUT2D eigenvalue weighted by atomic mass is 35.5. The van der Waals surface area contributed by atoms with Crippen molar-refractivity contribution in [2.75, 3.05) is 12.8 Å². The van der Waals surface area contributed by atoms with Crippen LogP contribution in [0.15, 0.2) is 24.3 Å². The standard InChI is InChI=1S/C15H17ClN2OS/c1-18(15(11-17)7-2-8-15)14(19)10-20-9-12-3-5-13(16)6-4-12/h3-6H,2,7-10H2,1H3. The van der Waals surface area contributed by atoms with Crippen molar-refractivity contribution in [3.63, 3.8) is 0 Å². The fourth-order valence-corrected chi connectivity index (χ4v) is 3.23. The first kappa shape index (κ1) is 15.2. The van der Waals surface area contributed by atoms with Gasteiger partial charge in [-0.25, -0.2) is 0 Å². The van der Waals surface area contributed by atoms with Crippen LogP contribution in [0.4, 0.5) is 0 Å². The molecule has 1 aromatic rings. The van der Waals surface area contributed by atoms with E-state index in [0.717, 1.165) is 35.6 Å². The summed E-state index contributed by atoms with van der Waals surface area (Å²) in [5, 5.41) is 9.94. The van der Waals surface area contributed by atoms with Crippen molar-refractivity contribution in [3.8, 4) is 6.07 Å². The highest BCUT2D eigenvalue weighted by molar-refractivity contribution is 7.99. The molecular formula is C15H17ClN2OS.